The number of hydrogen-bond acceptors (Lipinski definition) is 7. The van der Waals surface area contributed by atoms with Crippen LogP contribution in [0.1, 0.15) is 64.9 Å². The van der Waals surface area contributed by atoms with Crippen LogP contribution in [0.15, 0.2) is 48.5 Å². The summed E-state index contributed by atoms with van der Waals surface area (Å²) in [6.45, 7) is 2.28. The Balaban J connectivity index is 1.83. The van der Waals surface area contributed by atoms with Crippen LogP contribution in [0.25, 0.3) is 11.3 Å². The summed E-state index contributed by atoms with van der Waals surface area (Å²) in [6, 6.07) is 14.3. The van der Waals surface area contributed by atoms with Crippen molar-refractivity contribution in [3.8, 4) is 17.0 Å². The standard InChI is InChI=1S/C29H38N6O4/c1-19(36)26-27(33-35(28(26)31)22(8-7-17-30)15-16-25(37)34(2)3)21-13-11-20(12-14-21)18-32-29(38)23-9-5-6-10-24(23)39-4/h5-6,9-14,22H,7-8,15-18,30-31H2,1-4H3,(H,32,38). The van der Waals surface area contributed by atoms with Crippen LogP contribution >= 0.6 is 0 Å². The summed E-state index contributed by atoms with van der Waals surface area (Å²) in [5.41, 5.74) is 15.1. The summed E-state index contributed by atoms with van der Waals surface area (Å²) in [4.78, 5) is 39.0. The second-order valence-corrected chi connectivity index (χ2v) is 9.60. The van der Waals surface area contributed by atoms with Crippen LogP contribution in [0.5, 0.6) is 5.75 Å². The zero-order chi connectivity index (χ0) is 28.5. The van der Waals surface area contributed by atoms with Gasteiger partial charge in [-0.3, -0.25) is 14.4 Å². The fourth-order valence-corrected chi connectivity index (χ4v) is 4.42. The van der Waals surface area contributed by atoms with Gasteiger partial charge in [0, 0.05) is 32.6 Å². The van der Waals surface area contributed by atoms with E-state index in [9.17, 15) is 14.4 Å². The lowest BCUT2D eigenvalue weighted by atomic mass is 10.0. The molecule has 0 aliphatic rings. The number of anilines is 1. The number of nitrogens with two attached hydrogens (primary N) is 2. The SMILES string of the molecule is COc1ccccc1C(=O)NCc1ccc(-c2nn(C(CCCN)CCC(=O)N(C)C)c(N)c2C(C)=O)cc1. The van der Waals surface area contributed by atoms with E-state index < -0.39 is 0 Å². The highest BCUT2D eigenvalue weighted by Gasteiger charge is 2.25. The van der Waals surface area contributed by atoms with Crippen molar-refractivity contribution in [1.82, 2.24) is 20.0 Å². The number of ketones is 1. The molecule has 0 saturated heterocycles. The zero-order valence-electron chi connectivity index (χ0n) is 23.1. The maximum atomic E-state index is 12.6. The van der Waals surface area contributed by atoms with E-state index in [0.29, 0.717) is 54.9 Å². The number of nitrogen functional groups attached to an aromatic ring is 1. The van der Waals surface area contributed by atoms with E-state index in [1.165, 1.54) is 14.0 Å². The van der Waals surface area contributed by atoms with Crippen LogP contribution in [0, 0.1) is 0 Å². The van der Waals surface area contributed by atoms with Gasteiger partial charge in [0.05, 0.1) is 24.3 Å². The van der Waals surface area contributed by atoms with Crippen LogP contribution in [-0.2, 0) is 11.3 Å². The lowest BCUT2D eigenvalue weighted by molar-refractivity contribution is -0.129. The van der Waals surface area contributed by atoms with Gasteiger partial charge in [-0.05, 0) is 50.4 Å². The number of rotatable bonds is 13. The minimum atomic E-state index is -0.238. The Morgan fingerprint density at radius 2 is 1.77 bits per heavy atom. The first-order valence-electron chi connectivity index (χ1n) is 13.0. The van der Waals surface area contributed by atoms with Crippen molar-refractivity contribution < 1.29 is 19.1 Å². The number of ether oxygens (including phenoxy) is 1. The number of benzene rings is 2. The fraction of sp³-hybridized carbons (Fsp3) is 0.379. The molecule has 1 atom stereocenters. The van der Waals surface area contributed by atoms with Gasteiger partial charge < -0.3 is 26.4 Å². The van der Waals surface area contributed by atoms with Gasteiger partial charge >= 0.3 is 0 Å². The summed E-state index contributed by atoms with van der Waals surface area (Å²) in [5.74, 6) is 0.372. The van der Waals surface area contributed by atoms with Crippen molar-refractivity contribution in [3.63, 3.8) is 0 Å². The van der Waals surface area contributed by atoms with E-state index in [0.717, 1.165) is 17.5 Å². The van der Waals surface area contributed by atoms with E-state index in [4.69, 9.17) is 21.3 Å². The number of para-hydroxylation sites is 1. The second-order valence-electron chi connectivity index (χ2n) is 9.60. The molecule has 2 amide bonds. The molecule has 0 saturated carbocycles. The van der Waals surface area contributed by atoms with Crippen LogP contribution < -0.4 is 21.5 Å². The maximum absolute atomic E-state index is 12.6. The van der Waals surface area contributed by atoms with Crippen LogP contribution in [-0.4, -0.2) is 60.0 Å². The van der Waals surface area contributed by atoms with E-state index in [-0.39, 0.29) is 29.5 Å². The van der Waals surface area contributed by atoms with Gasteiger partial charge in [-0.2, -0.15) is 5.10 Å². The smallest absolute Gasteiger partial charge is 0.255 e. The molecular formula is C29H38N6O4. The Labute approximate surface area is 229 Å². The number of amides is 2. The van der Waals surface area contributed by atoms with Crippen LogP contribution in [0.3, 0.4) is 0 Å². The molecule has 3 aromatic rings. The second kappa shape index (κ2) is 13.6. The molecule has 0 spiro atoms. The van der Waals surface area contributed by atoms with Crippen molar-refractivity contribution >= 4 is 23.4 Å². The van der Waals surface area contributed by atoms with Crippen LogP contribution in [0.2, 0.25) is 0 Å². The van der Waals surface area contributed by atoms with E-state index in [1.54, 1.807) is 41.9 Å². The van der Waals surface area contributed by atoms with Crippen molar-refractivity contribution in [2.24, 2.45) is 5.73 Å². The highest BCUT2D eigenvalue weighted by molar-refractivity contribution is 6.04. The molecule has 0 aliphatic heterocycles. The number of carbonyl (C=O) groups excluding carboxylic acids is 3. The average Bonchev–Trinajstić information content (AvgIpc) is 3.28. The lowest BCUT2D eigenvalue weighted by Gasteiger charge is -2.20. The van der Waals surface area contributed by atoms with Crippen molar-refractivity contribution in [2.75, 3.05) is 33.5 Å². The third-order valence-electron chi connectivity index (χ3n) is 6.61. The number of carbonyl (C=O) groups is 3. The number of Topliss-reactive ketones (excluding diaryl/α,β-unsaturated/α-hetero) is 1. The summed E-state index contributed by atoms with van der Waals surface area (Å²) in [7, 11) is 4.97. The van der Waals surface area contributed by atoms with Crippen molar-refractivity contribution in [1.29, 1.82) is 0 Å². The van der Waals surface area contributed by atoms with Crippen molar-refractivity contribution in [2.45, 2.75) is 45.2 Å². The molecule has 2 aromatic carbocycles. The molecule has 0 aliphatic carbocycles. The Kier molecular flexibility index (Phi) is 10.2. The van der Waals surface area contributed by atoms with Gasteiger partial charge in [0.25, 0.3) is 5.91 Å². The third kappa shape index (κ3) is 7.23. The zero-order valence-corrected chi connectivity index (χ0v) is 23.1. The molecule has 1 unspecified atom stereocenters. The predicted molar refractivity (Wildman–Crippen MR) is 151 cm³/mol. The summed E-state index contributed by atoms with van der Waals surface area (Å²) in [6.07, 6.45) is 2.29. The topological polar surface area (TPSA) is 146 Å². The van der Waals surface area contributed by atoms with Gasteiger partial charge in [-0.15, -0.1) is 0 Å². The molecule has 10 heteroatoms. The van der Waals surface area contributed by atoms with Gasteiger partial charge in [0.2, 0.25) is 5.91 Å². The normalized spacial score (nSPS) is 11.6. The van der Waals surface area contributed by atoms with Crippen molar-refractivity contribution in [3.05, 3.63) is 65.2 Å². The lowest BCUT2D eigenvalue weighted by Crippen LogP contribution is -2.23. The number of hydrogen-bond donors (Lipinski definition) is 3. The molecule has 0 bridgehead atoms. The van der Waals surface area contributed by atoms with E-state index in [1.807, 2.05) is 30.3 Å². The number of nitrogens with one attached hydrogen (secondary N) is 1. The predicted octanol–water partition coefficient (Wildman–Crippen LogP) is 3.42. The largest absolute Gasteiger partial charge is 0.496 e. The third-order valence-corrected chi connectivity index (χ3v) is 6.61. The highest BCUT2D eigenvalue weighted by atomic mass is 16.5. The van der Waals surface area contributed by atoms with Gasteiger partial charge in [-0.1, -0.05) is 36.4 Å². The van der Waals surface area contributed by atoms with Crippen LogP contribution in [0.4, 0.5) is 5.82 Å². The molecule has 1 heterocycles. The minimum Gasteiger partial charge on any atom is -0.496 e. The molecular weight excluding hydrogens is 496 g/mol. The number of aromatic nitrogens is 2. The quantitative estimate of drug-likeness (QED) is 0.285. The molecule has 208 valence electrons. The molecule has 3 rings (SSSR count). The molecule has 0 fully saturated rings. The first-order valence-corrected chi connectivity index (χ1v) is 13.0. The van der Waals surface area contributed by atoms with E-state index >= 15 is 0 Å². The number of methoxy groups -OCH3 is 1. The first-order chi connectivity index (χ1) is 18.7. The fourth-order valence-electron chi connectivity index (χ4n) is 4.42. The molecule has 1 aromatic heterocycles. The summed E-state index contributed by atoms with van der Waals surface area (Å²) >= 11 is 0. The Bertz CT molecular complexity index is 1300. The Morgan fingerprint density at radius 1 is 1.08 bits per heavy atom. The van der Waals surface area contributed by atoms with Gasteiger partial charge in [0.1, 0.15) is 17.3 Å². The van der Waals surface area contributed by atoms with Gasteiger partial charge in [-0.25, -0.2) is 4.68 Å². The summed E-state index contributed by atoms with van der Waals surface area (Å²) in [5, 5.41) is 7.66. The summed E-state index contributed by atoms with van der Waals surface area (Å²) < 4.78 is 6.94. The monoisotopic (exact) mass is 534 g/mol. The maximum Gasteiger partial charge on any atom is 0.255 e. The molecule has 39 heavy (non-hydrogen) atoms. The number of nitrogens with zero attached hydrogens (tertiary/aromatic N) is 3. The average molecular weight is 535 g/mol. The molecule has 5 N–H and O–H groups in total. The van der Waals surface area contributed by atoms with E-state index in [2.05, 4.69) is 5.32 Å². The Hall–Kier alpha value is -4.18. The molecule has 10 nitrogen and oxygen atoms in total. The molecule has 0 radical (unpaired) electrons. The minimum absolute atomic E-state index is 0.0129. The highest BCUT2D eigenvalue weighted by Crippen LogP contribution is 2.33. The van der Waals surface area contributed by atoms with Gasteiger partial charge in [0.15, 0.2) is 5.78 Å². The Morgan fingerprint density at radius 3 is 2.38 bits per heavy atom. The first kappa shape index (κ1) is 29.4.